The number of aryl methyl sites for hydroxylation is 1. The molecule has 0 bridgehead atoms. The lowest BCUT2D eigenvalue weighted by Crippen LogP contribution is -2.23. The Morgan fingerprint density at radius 3 is 2.55 bits per heavy atom. The molecule has 2 rings (SSSR count). The Morgan fingerprint density at radius 1 is 1.20 bits per heavy atom. The Kier molecular flexibility index (Phi) is 4.68. The van der Waals surface area contributed by atoms with Gasteiger partial charge < -0.3 is 10.7 Å². The number of pyridine rings is 1. The molecule has 0 unspecified atom stereocenters. The van der Waals surface area contributed by atoms with Gasteiger partial charge in [-0.05, 0) is 29.7 Å². The minimum absolute atomic E-state index is 0.146. The van der Waals surface area contributed by atoms with Crippen molar-refractivity contribution in [3.8, 4) is 0 Å². The Balaban J connectivity index is 2.01. The van der Waals surface area contributed by atoms with E-state index in [1.807, 2.05) is 18.2 Å². The number of hydrogen-bond donors (Lipinski definition) is 3. The monoisotopic (exact) mass is 270 g/mol. The highest BCUT2D eigenvalue weighted by atomic mass is 16.1. The zero-order valence-electron chi connectivity index (χ0n) is 11.4. The van der Waals surface area contributed by atoms with Crippen LogP contribution in [-0.4, -0.2) is 10.9 Å². The van der Waals surface area contributed by atoms with Crippen LogP contribution in [0.4, 0.5) is 5.82 Å². The van der Waals surface area contributed by atoms with Crippen molar-refractivity contribution in [2.45, 2.75) is 19.9 Å². The van der Waals surface area contributed by atoms with Crippen LogP contribution in [0.3, 0.4) is 0 Å². The average Bonchev–Trinajstić information content (AvgIpc) is 2.53. The van der Waals surface area contributed by atoms with E-state index in [2.05, 4.69) is 28.7 Å². The van der Waals surface area contributed by atoms with E-state index in [-0.39, 0.29) is 5.91 Å². The summed E-state index contributed by atoms with van der Waals surface area (Å²) >= 11 is 0. The van der Waals surface area contributed by atoms with Gasteiger partial charge in [0, 0.05) is 12.7 Å². The molecule has 0 aliphatic carbocycles. The Bertz CT molecular complexity index is 581. The molecule has 5 nitrogen and oxygen atoms in total. The van der Waals surface area contributed by atoms with Gasteiger partial charge in [-0.2, -0.15) is 0 Å². The van der Waals surface area contributed by atoms with Crippen LogP contribution in [0.1, 0.15) is 28.4 Å². The Morgan fingerprint density at radius 2 is 1.95 bits per heavy atom. The molecule has 1 aromatic heterocycles. The molecule has 0 atom stereocenters. The number of nitrogen functional groups attached to an aromatic ring is 1. The number of nitrogens with two attached hydrogens (primary N) is 1. The molecule has 104 valence electrons. The predicted octanol–water partition coefficient (Wildman–Crippen LogP) is 1.86. The van der Waals surface area contributed by atoms with E-state index in [9.17, 15) is 4.79 Å². The zero-order valence-corrected chi connectivity index (χ0v) is 11.4. The molecule has 20 heavy (non-hydrogen) atoms. The van der Waals surface area contributed by atoms with Gasteiger partial charge in [0.25, 0.3) is 5.91 Å². The first kappa shape index (κ1) is 14.0. The third-order valence-corrected chi connectivity index (χ3v) is 3.11. The molecule has 1 aromatic carbocycles. The number of nitrogens with one attached hydrogen (secondary N) is 2. The van der Waals surface area contributed by atoms with Crippen LogP contribution in [-0.2, 0) is 13.0 Å². The van der Waals surface area contributed by atoms with Gasteiger partial charge in [-0.15, -0.1) is 0 Å². The highest BCUT2D eigenvalue weighted by molar-refractivity contribution is 5.94. The van der Waals surface area contributed by atoms with Crippen LogP contribution >= 0.6 is 0 Å². The molecule has 0 spiro atoms. The fraction of sp³-hybridized carbons (Fsp3) is 0.200. The summed E-state index contributed by atoms with van der Waals surface area (Å²) in [6, 6.07) is 11.4. The van der Waals surface area contributed by atoms with Crippen molar-refractivity contribution >= 4 is 11.7 Å². The third-order valence-electron chi connectivity index (χ3n) is 3.11. The van der Waals surface area contributed by atoms with Crippen LogP contribution < -0.4 is 16.6 Å². The Labute approximate surface area is 118 Å². The summed E-state index contributed by atoms with van der Waals surface area (Å²) in [7, 11) is 0. The number of carbonyl (C=O) groups excluding carboxylic acids is 1. The van der Waals surface area contributed by atoms with Gasteiger partial charge in [0.2, 0.25) is 0 Å². The summed E-state index contributed by atoms with van der Waals surface area (Å²) in [5, 5.41) is 2.90. The van der Waals surface area contributed by atoms with Crippen molar-refractivity contribution in [3.05, 3.63) is 59.3 Å². The summed E-state index contributed by atoms with van der Waals surface area (Å²) in [5.74, 6) is 5.61. The van der Waals surface area contributed by atoms with Gasteiger partial charge in [-0.1, -0.05) is 31.2 Å². The molecule has 0 fully saturated rings. The van der Waals surface area contributed by atoms with E-state index < -0.39 is 0 Å². The van der Waals surface area contributed by atoms with E-state index >= 15 is 0 Å². The van der Waals surface area contributed by atoms with Crippen LogP contribution in [0.2, 0.25) is 0 Å². The fourth-order valence-corrected chi connectivity index (χ4v) is 1.97. The number of hydrogen-bond acceptors (Lipinski definition) is 4. The van der Waals surface area contributed by atoms with Crippen molar-refractivity contribution in [2.75, 3.05) is 5.43 Å². The minimum atomic E-state index is -0.146. The first-order valence-electron chi connectivity index (χ1n) is 6.52. The topological polar surface area (TPSA) is 80.0 Å². The number of benzene rings is 1. The number of rotatable bonds is 5. The largest absolute Gasteiger partial charge is 0.348 e. The molecule has 0 saturated heterocycles. The molecule has 4 N–H and O–H groups in total. The first-order valence-corrected chi connectivity index (χ1v) is 6.52. The first-order chi connectivity index (χ1) is 9.74. The lowest BCUT2D eigenvalue weighted by atomic mass is 10.1. The van der Waals surface area contributed by atoms with Gasteiger partial charge in [0.15, 0.2) is 0 Å². The third kappa shape index (κ3) is 3.33. The maximum atomic E-state index is 12.0. The molecule has 0 saturated carbocycles. The average molecular weight is 270 g/mol. The van der Waals surface area contributed by atoms with Crippen LogP contribution in [0, 0.1) is 0 Å². The van der Waals surface area contributed by atoms with Crippen molar-refractivity contribution in [2.24, 2.45) is 5.84 Å². The lowest BCUT2D eigenvalue weighted by Gasteiger charge is -2.09. The van der Waals surface area contributed by atoms with E-state index in [0.717, 1.165) is 12.0 Å². The molecule has 2 aromatic rings. The molecule has 0 aliphatic rings. The van der Waals surface area contributed by atoms with Crippen LogP contribution in [0.5, 0.6) is 0 Å². The zero-order chi connectivity index (χ0) is 14.4. The van der Waals surface area contributed by atoms with E-state index in [1.54, 1.807) is 12.1 Å². The number of aromatic nitrogens is 1. The van der Waals surface area contributed by atoms with Gasteiger partial charge >= 0.3 is 0 Å². The normalized spacial score (nSPS) is 10.1. The second kappa shape index (κ2) is 6.68. The molecule has 5 heteroatoms. The number of hydrazine groups is 1. The standard InChI is InChI=1S/C15H18N4O/c1-2-11-5-3-4-6-12(11)9-18-15(20)13-7-8-14(19-16)17-10-13/h3-8,10H,2,9,16H2,1H3,(H,17,19)(H,18,20). The number of carbonyl (C=O) groups is 1. The predicted molar refractivity (Wildman–Crippen MR) is 79.0 cm³/mol. The van der Waals surface area contributed by atoms with Gasteiger partial charge in [0.1, 0.15) is 5.82 Å². The molecular weight excluding hydrogens is 252 g/mol. The van der Waals surface area contributed by atoms with Crippen LogP contribution in [0.15, 0.2) is 42.6 Å². The number of anilines is 1. The number of amides is 1. The molecule has 1 amide bonds. The summed E-state index contributed by atoms with van der Waals surface area (Å²) < 4.78 is 0. The lowest BCUT2D eigenvalue weighted by molar-refractivity contribution is 0.0950. The SMILES string of the molecule is CCc1ccccc1CNC(=O)c1ccc(NN)nc1. The van der Waals surface area contributed by atoms with E-state index in [1.165, 1.54) is 11.8 Å². The minimum Gasteiger partial charge on any atom is -0.348 e. The van der Waals surface area contributed by atoms with Crippen molar-refractivity contribution in [3.63, 3.8) is 0 Å². The van der Waals surface area contributed by atoms with Crippen molar-refractivity contribution in [1.82, 2.24) is 10.3 Å². The summed E-state index contributed by atoms with van der Waals surface area (Å²) in [5.41, 5.74) is 5.31. The van der Waals surface area contributed by atoms with Gasteiger partial charge in [-0.25, -0.2) is 10.8 Å². The summed E-state index contributed by atoms with van der Waals surface area (Å²) in [6.45, 7) is 2.61. The van der Waals surface area contributed by atoms with Crippen molar-refractivity contribution in [1.29, 1.82) is 0 Å². The van der Waals surface area contributed by atoms with Gasteiger partial charge in [0.05, 0.1) is 5.56 Å². The highest BCUT2D eigenvalue weighted by Gasteiger charge is 2.07. The highest BCUT2D eigenvalue weighted by Crippen LogP contribution is 2.09. The summed E-state index contributed by atoms with van der Waals surface area (Å²) in [6.07, 6.45) is 2.45. The molecular formula is C15H18N4O. The molecule has 0 radical (unpaired) electrons. The quantitative estimate of drug-likeness (QED) is 0.572. The maximum absolute atomic E-state index is 12.0. The maximum Gasteiger partial charge on any atom is 0.253 e. The second-order valence-corrected chi connectivity index (χ2v) is 4.38. The van der Waals surface area contributed by atoms with Crippen LogP contribution in [0.25, 0.3) is 0 Å². The summed E-state index contributed by atoms with van der Waals surface area (Å²) in [4.78, 5) is 16.0. The molecule has 0 aliphatic heterocycles. The van der Waals surface area contributed by atoms with Gasteiger partial charge in [-0.3, -0.25) is 4.79 Å². The van der Waals surface area contributed by atoms with E-state index in [4.69, 9.17) is 5.84 Å². The van der Waals surface area contributed by atoms with Crippen molar-refractivity contribution < 1.29 is 4.79 Å². The molecule has 1 heterocycles. The van der Waals surface area contributed by atoms with E-state index in [0.29, 0.717) is 17.9 Å². The smallest absolute Gasteiger partial charge is 0.253 e. The Hall–Kier alpha value is -2.40. The number of nitrogens with zero attached hydrogens (tertiary/aromatic N) is 1. The second-order valence-electron chi connectivity index (χ2n) is 4.38. The fourth-order valence-electron chi connectivity index (χ4n) is 1.97.